The highest BCUT2D eigenvalue weighted by molar-refractivity contribution is 6.26. The Bertz CT molecular complexity index is 2300. The monoisotopic (exact) mass is 571 g/mol. The van der Waals surface area contributed by atoms with Crippen LogP contribution in [0.4, 0.5) is 17.1 Å². The molecule has 8 aromatic rings. The lowest BCUT2D eigenvalue weighted by Gasteiger charge is -2.33. The molecule has 0 amide bonds. The third kappa shape index (κ3) is 4.02. The van der Waals surface area contributed by atoms with Crippen LogP contribution in [0.5, 0.6) is 0 Å². The van der Waals surface area contributed by atoms with Crippen LogP contribution in [0.3, 0.4) is 0 Å². The first-order valence-corrected chi connectivity index (χ1v) is 15.5. The van der Waals surface area contributed by atoms with Gasteiger partial charge in [0.15, 0.2) is 0 Å². The van der Waals surface area contributed by atoms with Crippen molar-refractivity contribution in [2.75, 3.05) is 4.90 Å². The predicted octanol–water partition coefficient (Wildman–Crippen LogP) is 12.4. The van der Waals surface area contributed by atoms with E-state index in [1.807, 2.05) is 0 Å². The third-order valence-electron chi connectivity index (χ3n) is 9.14. The van der Waals surface area contributed by atoms with E-state index in [2.05, 4.69) is 181 Å². The first-order chi connectivity index (χ1) is 22.4. The zero-order valence-electron chi connectivity index (χ0n) is 24.7. The Labute approximate surface area is 263 Å². The molecule has 45 heavy (non-hydrogen) atoms. The second-order valence-electron chi connectivity index (χ2n) is 11.7. The van der Waals surface area contributed by atoms with Gasteiger partial charge < -0.3 is 4.90 Å². The summed E-state index contributed by atoms with van der Waals surface area (Å²) in [7, 11) is 0. The van der Waals surface area contributed by atoms with Crippen molar-refractivity contribution in [3.63, 3.8) is 0 Å². The number of anilines is 3. The summed E-state index contributed by atoms with van der Waals surface area (Å²) in [4.78, 5) is 2.38. The number of para-hydroxylation sites is 2. The van der Waals surface area contributed by atoms with E-state index in [0.29, 0.717) is 0 Å². The number of fused-ring (bicyclic) bond motifs is 6. The third-order valence-corrected chi connectivity index (χ3v) is 9.14. The molecule has 0 saturated carbocycles. The molecule has 0 heterocycles. The molecule has 0 N–H and O–H groups in total. The van der Waals surface area contributed by atoms with Crippen molar-refractivity contribution in [3.8, 4) is 44.5 Å². The minimum Gasteiger partial charge on any atom is -0.310 e. The molecule has 0 saturated heterocycles. The Balaban J connectivity index is 1.36. The van der Waals surface area contributed by atoms with Gasteiger partial charge in [0.25, 0.3) is 0 Å². The fourth-order valence-electron chi connectivity index (χ4n) is 7.22. The standard InChI is InChI=1S/C44H29N/c1-5-16-30(17-6-1)41-35-25-13-14-26-36(35)42(31-18-7-2-8-19-31)44-39-29-37-32(28-38(39)43(41)44)20-15-27-40(37)45(33-21-9-3-10-22-33)34-23-11-4-12-24-34/h1-29H. The van der Waals surface area contributed by atoms with Gasteiger partial charge in [-0.1, -0.05) is 133 Å². The van der Waals surface area contributed by atoms with Crippen molar-refractivity contribution < 1.29 is 0 Å². The summed E-state index contributed by atoms with van der Waals surface area (Å²) in [6.07, 6.45) is 0. The number of rotatable bonds is 5. The van der Waals surface area contributed by atoms with Gasteiger partial charge in [-0.15, -0.1) is 0 Å². The molecular formula is C44H29N. The summed E-state index contributed by atoms with van der Waals surface area (Å²) in [5.74, 6) is 0. The van der Waals surface area contributed by atoms with Gasteiger partial charge in [0.1, 0.15) is 0 Å². The molecule has 9 rings (SSSR count). The fraction of sp³-hybridized carbons (Fsp3) is 0. The van der Waals surface area contributed by atoms with Crippen molar-refractivity contribution >= 4 is 38.6 Å². The maximum Gasteiger partial charge on any atom is 0.0540 e. The summed E-state index contributed by atoms with van der Waals surface area (Å²) >= 11 is 0. The van der Waals surface area contributed by atoms with Gasteiger partial charge >= 0.3 is 0 Å². The Morgan fingerprint density at radius 1 is 0.311 bits per heavy atom. The summed E-state index contributed by atoms with van der Waals surface area (Å²) < 4.78 is 0. The minimum atomic E-state index is 1.14. The molecule has 1 nitrogen and oxygen atoms in total. The quantitative estimate of drug-likeness (QED) is 0.199. The highest BCUT2D eigenvalue weighted by atomic mass is 15.1. The normalized spacial score (nSPS) is 11.6. The summed E-state index contributed by atoms with van der Waals surface area (Å²) in [6.45, 7) is 0. The topological polar surface area (TPSA) is 3.24 Å². The van der Waals surface area contributed by atoms with Crippen LogP contribution in [0.15, 0.2) is 176 Å². The minimum absolute atomic E-state index is 1.14. The molecule has 210 valence electrons. The number of benzene rings is 8. The molecule has 0 unspecified atom stereocenters. The molecular weight excluding hydrogens is 542 g/mol. The van der Waals surface area contributed by atoms with E-state index in [0.717, 1.165) is 11.4 Å². The molecule has 0 radical (unpaired) electrons. The number of hydrogen-bond acceptors (Lipinski definition) is 1. The summed E-state index contributed by atoms with van der Waals surface area (Å²) in [5, 5.41) is 5.06. The maximum atomic E-state index is 2.44. The lowest BCUT2D eigenvalue weighted by atomic mass is 9.70. The lowest BCUT2D eigenvalue weighted by Crippen LogP contribution is -2.11. The Kier molecular flexibility index (Phi) is 5.89. The molecule has 0 aromatic heterocycles. The summed E-state index contributed by atoms with van der Waals surface area (Å²) in [5.41, 5.74) is 13.9. The van der Waals surface area contributed by atoms with E-state index in [9.17, 15) is 0 Å². The van der Waals surface area contributed by atoms with Crippen LogP contribution >= 0.6 is 0 Å². The van der Waals surface area contributed by atoms with Crippen molar-refractivity contribution in [2.24, 2.45) is 0 Å². The van der Waals surface area contributed by atoms with E-state index in [4.69, 9.17) is 0 Å². The van der Waals surface area contributed by atoms with Gasteiger partial charge in [0.2, 0.25) is 0 Å². The van der Waals surface area contributed by atoms with Crippen LogP contribution in [0, 0.1) is 0 Å². The second-order valence-corrected chi connectivity index (χ2v) is 11.7. The van der Waals surface area contributed by atoms with Crippen molar-refractivity contribution in [2.45, 2.75) is 0 Å². The predicted molar refractivity (Wildman–Crippen MR) is 191 cm³/mol. The summed E-state index contributed by atoms with van der Waals surface area (Å²) in [6, 6.07) is 63.6. The largest absolute Gasteiger partial charge is 0.310 e. The maximum absolute atomic E-state index is 2.44. The zero-order chi connectivity index (χ0) is 29.7. The Hall–Kier alpha value is -5.92. The van der Waals surface area contributed by atoms with Gasteiger partial charge in [-0.2, -0.15) is 0 Å². The highest BCUT2D eigenvalue weighted by Crippen LogP contribution is 2.60. The van der Waals surface area contributed by atoms with E-state index in [1.165, 1.54) is 71.7 Å². The van der Waals surface area contributed by atoms with Crippen LogP contribution in [0.1, 0.15) is 0 Å². The van der Waals surface area contributed by atoms with Gasteiger partial charge in [0.05, 0.1) is 5.69 Å². The van der Waals surface area contributed by atoms with Crippen LogP contribution in [0.25, 0.3) is 66.1 Å². The van der Waals surface area contributed by atoms with E-state index in [-0.39, 0.29) is 0 Å². The highest BCUT2D eigenvalue weighted by Gasteiger charge is 2.33. The van der Waals surface area contributed by atoms with Crippen molar-refractivity contribution in [1.82, 2.24) is 0 Å². The second kappa shape index (κ2) is 10.4. The molecule has 0 bridgehead atoms. The van der Waals surface area contributed by atoms with Crippen molar-refractivity contribution in [1.29, 1.82) is 0 Å². The van der Waals surface area contributed by atoms with Gasteiger partial charge in [-0.05, 0) is 103 Å². The van der Waals surface area contributed by atoms with Gasteiger partial charge in [-0.25, -0.2) is 0 Å². The van der Waals surface area contributed by atoms with Crippen LogP contribution < -0.4 is 4.90 Å². The fourth-order valence-corrected chi connectivity index (χ4v) is 7.22. The average Bonchev–Trinajstić information content (AvgIpc) is 3.11. The smallest absolute Gasteiger partial charge is 0.0540 e. The lowest BCUT2D eigenvalue weighted by molar-refractivity contribution is 1.30. The first-order valence-electron chi connectivity index (χ1n) is 15.5. The van der Waals surface area contributed by atoms with Gasteiger partial charge in [0, 0.05) is 16.8 Å². The molecule has 0 fully saturated rings. The van der Waals surface area contributed by atoms with Crippen LogP contribution in [-0.4, -0.2) is 0 Å². The van der Waals surface area contributed by atoms with E-state index in [1.54, 1.807) is 0 Å². The van der Waals surface area contributed by atoms with Crippen molar-refractivity contribution in [3.05, 3.63) is 176 Å². The zero-order valence-corrected chi connectivity index (χ0v) is 24.7. The van der Waals surface area contributed by atoms with Gasteiger partial charge in [-0.3, -0.25) is 0 Å². The number of nitrogens with zero attached hydrogens (tertiary/aromatic N) is 1. The van der Waals surface area contributed by atoms with Crippen LogP contribution in [-0.2, 0) is 0 Å². The van der Waals surface area contributed by atoms with E-state index >= 15 is 0 Å². The molecule has 0 atom stereocenters. The molecule has 8 aromatic carbocycles. The molecule has 0 spiro atoms. The Morgan fingerprint density at radius 2 is 0.756 bits per heavy atom. The molecule has 1 aliphatic rings. The molecule has 0 aliphatic heterocycles. The Morgan fingerprint density at radius 3 is 1.27 bits per heavy atom. The first kappa shape index (κ1) is 25.6. The molecule has 1 heteroatoms. The molecule has 1 aliphatic carbocycles. The van der Waals surface area contributed by atoms with E-state index < -0.39 is 0 Å². The SMILES string of the molecule is c1ccc(-c2c3c(c(-c4ccccc4)c4ccccc24)-c2cc4c(N(c5ccccc5)c5ccccc5)cccc4cc2-3)cc1. The van der Waals surface area contributed by atoms with Crippen LogP contribution in [0.2, 0.25) is 0 Å². The number of hydrogen-bond donors (Lipinski definition) is 0. The average molecular weight is 572 g/mol.